The van der Waals surface area contributed by atoms with Crippen LogP contribution in [0.5, 0.6) is 0 Å². The molecule has 140 valence electrons. The molecule has 1 fully saturated rings. The number of rotatable bonds is 4. The molecular weight excluding hydrogens is 367 g/mol. The molecule has 4 rings (SSSR count). The maximum Gasteiger partial charge on any atom is 0.110 e. The summed E-state index contributed by atoms with van der Waals surface area (Å²) in [5.74, 6) is 1.58. The quantitative estimate of drug-likeness (QED) is 0.739. The summed E-state index contributed by atoms with van der Waals surface area (Å²) in [4.78, 5) is 7.25. The Labute approximate surface area is 167 Å². The van der Waals surface area contributed by atoms with Gasteiger partial charge in [0.1, 0.15) is 5.82 Å². The Morgan fingerprint density at radius 2 is 1.69 bits per heavy atom. The number of aromatic nitrogens is 2. The number of nitrogens with zero attached hydrogens (tertiary/aromatic N) is 3. The average molecular weight is 393 g/mol. The minimum Gasteiger partial charge on any atom is -0.331 e. The van der Waals surface area contributed by atoms with Gasteiger partial charge in [0.05, 0.1) is 11.0 Å². The number of para-hydroxylation sites is 2. The first-order valence-electron chi connectivity index (χ1n) is 8.65. The average Bonchev–Trinajstić information content (AvgIpc) is 3.14. The molecule has 2 N–H and O–H groups in total. The first kappa shape index (κ1) is 20.7. The van der Waals surface area contributed by atoms with Gasteiger partial charge in [-0.05, 0) is 17.7 Å². The van der Waals surface area contributed by atoms with Crippen molar-refractivity contribution in [3.63, 3.8) is 0 Å². The molecule has 0 saturated carbocycles. The first-order valence-corrected chi connectivity index (χ1v) is 8.65. The second-order valence-electron chi connectivity index (χ2n) is 6.77. The number of hydrogen-bond donors (Lipinski definition) is 1. The zero-order chi connectivity index (χ0) is 16.5. The van der Waals surface area contributed by atoms with E-state index in [0.717, 1.165) is 37.4 Å². The molecule has 26 heavy (non-hydrogen) atoms. The minimum atomic E-state index is 0. The van der Waals surface area contributed by atoms with Gasteiger partial charge in [0.15, 0.2) is 0 Å². The molecule has 3 aromatic rings. The summed E-state index contributed by atoms with van der Waals surface area (Å²) >= 11 is 0. The summed E-state index contributed by atoms with van der Waals surface area (Å²) in [6.07, 6.45) is 0.958. The Hall–Kier alpha value is -1.59. The molecule has 1 aliphatic heterocycles. The lowest BCUT2D eigenvalue weighted by Crippen LogP contribution is -2.29. The van der Waals surface area contributed by atoms with E-state index in [1.165, 1.54) is 11.1 Å². The zero-order valence-corrected chi connectivity index (χ0v) is 16.5. The van der Waals surface area contributed by atoms with Crippen molar-refractivity contribution >= 4 is 35.8 Å². The van der Waals surface area contributed by atoms with Crippen molar-refractivity contribution in [3.8, 4) is 0 Å². The smallest absolute Gasteiger partial charge is 0.110 e. The summed E-state index contributed by atoms with van der Waals surface area (Å²) in [7, 11) is 2.10. The second-order valence-corrected chi connectivity index (χ2v) is 6.77. The van der Waals surface area contributed by atoms with E-state index in [4.69, 9.17) is 10.7 Å². The van der Waals surface area contributed by atoms with Crippen LogP contribution in [0.4, 0.5) is 0 Å². The highest BCUT2D eigenvalue weighted by Crippen LogP contribution is 2.26. The SMILES string of the molecule is Cl.Cl.Cn1c(CCN2C[C@@H](N)[C@H](c3ccccc3)C2)nc2ccccc21. The number of imidazole rings is 1. The van der Waals surface area contributed by atoms with Crippen LogP contribution in [0.15, 0.2) is 54.6 Å². The predicted octanol–water partition coefficient (Wildman–Crippen LogP) is 3.39. The second kappa shape index (κ2) is 8.87. The fourth-order valence-corrected chi connectivity index (χ4v) is 3.83. The Morgan fingerprint density at radius 3 is 2.42 bits per heavy atom. The molecule has 1 saturated heterocycles. The van der Waals surface area contributed by atoms with Gasteiger partial charge < -0.3 is 15.2 Å². The van der Waals surface area contributed by atoms with Gasteiger partial charge in [-0.15, -0.1) is 24.8 Å². The number of nitrogens with two attached hydrogens (primary N) is 1. The molecule has 1 aromatic heterocycles. The maximum atomic E-state index is 6.40. The van der Waals surface area contributed by atoms with Crippen LogP contribution in [0.2, 0.25) is 0 Å². The van der Waals surface area contributed by atoms with E-state index in [9.17, 15) is 0 Å². The van der Waals surface area contributed by atoms with Gasteiger partial charge in [-0.1, -0.05) is 42.5 Å². The van der Waals surface area contributed by atoms with E-state index in [0.29, 0.717) is 5.92 Å². The Morgan fingerprint density at radius 1 is 1.00 bits per heavy atom. The van der Waals surface area contributed by atoms with Crippen LogP contribution in [-0.4, -0.2) is 40.1 Å². The van der Waals surface area contributed by atoms with Gasteiger partial charge in [-0.25, -0.2) is 4.98 Å². The molecule has 4 nitrogen and oxygen atoms in total. The molecule has 0 amide bonds. The van der Waals surface area contributed by atoms with E-state index >= 15 is 0 Å². The number of hydrogen-bond acceptors (Lipinski definition) is 3. The molecule has 1 aliphatic rings. The zero-order valence-electron chi connectivity index (χ0n) is 14.9. The normalized spacial score (nSPS) is 19.9. The predicted molar refractivity (Wildman–Crippen MR) is 113 cm³/mol. The van der Waals surface area contributed by atoms with Gasteiger partial charge >= 0.3 is 0 Å². The van der Waals surface area contributed by atoms with Crippen LogP contribution in [0.1, 0.15) is 17.3 Å². The van der Waals surface area contributed by atoms with Crippen LogP contribution in [0.3, 0.4) is 0 Å². The monoisotopic (exact) mass is 392 g/mol. The van der Waals surface area contributed by atoms with Crippen LogP contribution < -0.4 is 5.73 Å². The van der Waals surface area contributed by atoms with Crippen molar-refractivity contribution in [2.45, 2.75) is 18.4 Å². The topological polar surface area (TPSA) is 47.1 Å². The third-order valence-corrected chi connectivity index (χ3v) is 5.20. The first-order chi connectivity index (χ1) is 11.7. The fraction of sp³-hybridized carbons (Fsp3) is 0.350. The van der Waals surface area contributed by atoms with E-state index in [1.807, 2.05) is 6.07 Å². The van der Waals surface area contributed by atoms with E-state index in [-0.39, 0.29) is 30.9 Å². The Kier molecular flexibility index (Phi) is 7.07. The highest BCUT2D eigenvalue weighted by Gasteiger charge is 2.30. The van der Waals surface area contributed by atoms with Crippen molar-refractivity contribution in [2.24, 2.45) is 12.8 Å². The van der Waals surface area contributed by atoms with Crippen LogP contribution in [0.25, 0.3) is 11.0 Å². The lowest BCUT2D eigenvalue weighted by molar-refractivity contribution is 0.332. The van der Waals surface area contributed by atoms with E-state index in [2.05, 4.69) is 65.0 Å². The number of halogens is 2. The summed E-state index contributed by atoms with van der Waals surface area (Å²) in [6, 6.07) is 19.2. The third-order valence-electron chi connectivity index (χ3n) is 5.20. The van der Waals surface area contributed by atoms with Gasteiger partial charge in [-0.3, -0.25) is 0 Å². The molecule has 0 radical (unpaired) electrons. The summed E-state index contributed by atoms with van der Waals surface area (Å²) in [5.41, 5.74) is 10.0. The highest BCUT2D eigenvalue weighted by molar-refractivity contribution is 5.85. The third kappa shape index (κ3) is 4.04. The Balaban J connectivity index is 0.00000121. The molecule has 0 bridgehead atoms. The Bertz CT molecular complexity index is 834. The van der Waals surface area contributed by atoms with Crippen LogP contribution >= 0.6 is 24.8 Å². The van der Waals surface area contributed by atoms with Crippen molar-refractivity contribution < 1.29 is 0 Å². The maximum absolute atomic E-state index is 6.40. The minimum absolute atomic E-state index is 0. The number of benzene rings is 2. The van der Waals surface area contributed by atoms with Gasteiger partial charge in [0.2, 0.25) is 0 Å². The van der Waals surface area contributed by atoms with Crippen molar-refractivity contribution in [1.82, 2.24) is 14.5 Å². The summed E-state index contributed by atoms with van der Waals surface area (Å²) in [5, 5.41) is 0. The lowest BCUT2D eigenvalue weighted by Gasteiger charge is -2.16. The largest absolute Gasteiger partial charge is 0.331 e. The molecule has 6 heteroatoms. The van der Waals surface area contributed by atoms with Gasteiger partial charge in [-0.2, -0.15) is 0 Å². The van der Waals surface area contributed by atoms with E-state index < -0.39 is 0 Å². The molecular formula is C20H26Cl2N4. The van der Waals surface area contributed by atoms with Crippen molar-refractivity contribution in [2.75, 3.05) is 19.6 Å². The molecule has 2 atom stereocenters. The fourth-order valence-electron chi connectivity index (χ4n) is 3.83. The molecule has 0 aliphatic carbocycles. The van der Waals surface area contributed by atoms with Crippen LogP contribution in [0, 0.1) is 0 Å². The standard InChI is InChI=1S/C20H24N4.2ClH/c1-23-19-10-6-5-9-18(19)22-20(23)11-12-24-13-16(17(21)14-24)15-7-3-2-4-8-15;;/h2-10,16-17H,11-14,21H2,1H3;2*1H/t16-,17+;;/m0../s1. The van der Waals surface area contributed by atoms with Crippen LogP contribution in [-0.2, 0) is 13.5 Å². The number of fused-ring (bicyclic) bond motifs is 1. The van der Waals surface area contributed by atoms with E-state index in [1.54, 1.807) is 0 Å². The lowest BCUT2D eigenvalue weighted by atomic mass is 9.95. The molecule has 2 heterocycles. The molecule has 0 spiro atoms. The van der Waals surface area contributed by atoms with Crippen molar-refractivity contribution in [3.05, 3.63) is 66.0 Å². The number of aryl methyl sites for hydroxylation is 1. The number of likely N-dealkylation sites (tertiary alicyclic amines) is 1. The molecule has 2 aromatic carbocycles. The summed E-state index contributed by atoms with van der Waals surface area (Å²) in [6.45, 7) is 3.01. The van der Waals surface area contributed by atoms with Gasteiger partial charge in [0, 0.05) is 45.1 Å². The van der Waals surface area contributed by atoms with Gasteiger partial charge in [0.25, 0.3) is 0 Å². The highest BCUT2D eigenvalue weighted by atomic mass is 35.5. The summed E-state index contributed by atoms with van der Waals surface area (Å²) < 4.78 is 2.21. The van der Waals surface area contributed by atoms with Crippen molar-refractivity contribution in [1.29, 1.82) is 0 Å². The molecule has 0 unspecified atom stereocenters.